The van der Waals surface area contributed by atoms with E-state index in [9.17, 15) is 4.79 Å². The zero-order valence-corrected chi connectivity index (χ0v) is 22.5. The van der Waals surface area contributed by atoms with Gasteiger partial charge in [0.1, 0.15) is 6.29 Å². The molecule has 0 heterocycles. The Bertz CT molecular complexity index is 738. The quantitative estimate of drug-likeness (QED) is 0.173. The molecule has 3 saturated carbocycles. The van der Waals surface area contributed by atoms with Gasteiger partial charge in [0.25, 0.3) is 0 Å². The Labute approximate surface area is 219 Å². The summed E-state index contributed by atoms with van der Waals surface area (Å²) in [4.78, 5) is 11.3. The molecular formula is C32H48O4. The average molecular weight is 497 g/mol. The predicted molar refractivity (Wildman–Crippen MR) is 145 cm³/mol. The first-order valence-electron chi connectivity index (χ1n) is 14.7. The molecule has 1 aromatic rings. The van der Waals surface area contributed by atoms with Crippen molar-refractivity contribution in [2.45, 2.75) is 127 Å². The van der Waals surface area contributed by atoms with Gasteiger partial charge in [-0.15, -0.1) is 6.92 Å². The molecule has 4 nitrogen and oxygen atoms in total. The highest BCUT2D eigenvalue weighted by atomic mass is 16.5. The van der Waals surface area contributed by atoms with Crippen molar-refractivity contribution in [3.05, 3.63) is 48.2 Å². The van der Waals surface area contributed by atoms with Crippen molar-refractivity contribution in [1.29, 1.82) is 0 Å². The van der Waals surface area contributed by atoms with Gasteiger partial charge < -0.3 is 19.0 Å². The highest BCUT2D eigenvalue weighted by molar-refractivity contribution is 5.50. The molecular weight excluding hydrogens is 448 g/mol. The van der Waals surface area contributed by atoms with Gasteiger partial charge in [-0.2, -0.15) is 0 Å². The first-order chi connectivity index (χ1) is 17.6. The van der Waals surface area contributed by atoms with Crippen molar-refractivity contribution in [1.82, 2.24) is 0 Å². The number of hydrogen-bond acceptors (Lipinski definition) is 4. The van der Waals surface area contributed by atoms with Crippen LogP contribution in [0.4, 0.5) is 0 Å². The summed E-state index contributed by atoms with van der Waals surface area (Å²) in [6.07, 6.45) is 17.1. The van der Waals surface area contributed by atoms with Crippen LogP contribution in [-0.2, 0) is 19.0 Å². The summed E-state index contributed by atoms with van der Waals surface area (Å²) in [5.41, 5.74) is 2.83. The van der Waals surface area contributed by atoms with E-state index in [1.807, 2.05) is 0 Å². The third-order valence-electron chi connectivity index (χ3n) is 8.80. The number of carbonyl (C=O) groups is 1. The van der Waals surface area contributed by atoms with Gasteiger partial charge in [-0.3, -0.25) is 0 Å². The fourth-order valence-corrected chi connectivity index (χ4v) is 6.42. The Kier molecular flexibility index (Phi) is 11.2. The van der Waals surface area contributed by atoms with E-state index in [-0.39, 0.29) is 6.10 Å². The number of rotatable bonds is 12. The van der Waals surface area contributed by atoms with E-state index in [4.69, 9.17) is 14.2 Å². The SMILES string of the molecule is [CH2-][C+]1CCC(OC(CC=O)C2CCC(OCCCOC3CCC(c4ccc(C)cc4)CC3)CC2)CC1. The highest BCUT2D eigenvalue weighted by Crippen LogP contribution is 2.35. The van der Waals surface area contributed by atoms with E-state index in [1.54, 1.807) is 0 Å². The van der Waals surface area contributed by atoms with Crippen LogP contribution < -0.4 is 0 Å². The van der Waals surface area contributed by atoms with Crippen molar-refractivity contribution in [3.63, 3.8) is 0 Å². The molecule has 0 aromatic heterocycles. The second-order valence-electron chi connectivity index (χ2n) is 11.5. The number of aldehydes is 1. The molecule has 4 rings (SSSR count). The first-order valence-corrected chi connectivity index (χ1v) is 14.7. The fraction of sp³-hybridized carbons (Fsp3) is 0.719. The van der Waals surface area contributed by atoms with Gasteiger partial charge in [-0.05, 0) is 82.1 Å². The Hall–Kier alpha value is -1.36. The molecule has 200 valence electrons. The molecule has 4 heteroatoms. The number of hydrogen-bond donors (Lipinski definition) is 0. The van der Waals surface area contributed by atoms with E-state index in [2.05, 4.69) is 38.1 Å². The molecule has 0 aliphatic heterocycles. The third kappa shape index (κ3) is 8.60. The van der Waals surface area contributed by atoms with Crippen LogP contribution in [0.2, 0.25) is 0 Å². The minimum absolute atomic E-state index is 0.0781. The molecule has 0 N–H and O–H groups in total. The van der Waals surface area contributed by atoms with Crippen molar-refractivity contribution in [2.75, 3.05) is 13.2 Å². The molecule has 1 atom stereocenters. The number of benzene rings is 1. The van der Waals surface area contributed by atoms with Gasteiger partial charge in [0.05, 0.1) is 37.3 Å². The minimum atomic E-state index is 0.0781. The van der Waals surface area contributed by atoms with Crippen LogP contribution in [0.3, 0.4) is 0 Å². The van der Waals surface area contributed by atoms with E-state index in [1.165, 1.54) is 42.7 Å². The molecule has 1 aromatic carbocycles. The van der Waals surface area contributed by atoms with Crippen LogP contribution in [0.5, 0.6) is 0 Å². The molecule has 0 bridgehead atoms. The lowest BCUT2D eigenvalue weighted by molar-refractivity contribution is -0.116. The Balaban J connectivity index is 1.05. The fourth-order valence-electron chi connectivity index (χ4n) is 6.42. The standard InChI is InChI=1S/C32H48O4/c1-24-4-8-26(9-5-24)27-10-16-29(17-11-27)34-22-3-23-35-30-18-12-28(13-19-30)32(20-21-33)36-31-14-6-25(2)7-15-31/h4-5,8-9,21,27-32H,2-3,6-7,10-20,22-23H2,1H3. The van der Waals surface area contributed by atoms with Crippen molar-refractivity contribution in [2.24, 2.45) is 5.92 Å². The van der Waals surface area contributed by atoms with E-state index in [0.29, 0.717) is 36.6 Å². The van der Waals surface area contributed by atoms with E-state index in [0.717, 1.165) is 77.3 Å². The smallest absolute Gasteiger partial charge is 0.122 e. The van der Waals surface area contributed by atoms with Crippen LogP contribution in [0.1, 0.15) is 107 Å². The van der Waals surface area contributed by atoms with Crippen LogP contribution >= 0.6 is 0 Å². The van der Waals surface area contributed by atoms with Crippen molar-refractivity contribution >= 4 is 6.29 Å². The molecule has 3 aliphatic carbocycles. The number of carbonyl (C=O) groups excluding carboxylic acids is 1. The molecule has 3 aliphatic rings. The first kappa shape index (κ1) is 27.7. The summed E-state index contributed by atoms with van der Waals surface area (Å²) in [5, 5.41) is 0. The van der Waals surface area contributed by atoms with Crippen LogP contribution in [0.15, 0.2) is 24.3 Å². The van der Waals surface area contributed by atoms with E-state index >= 15 is 0 Å². The van der Waals surface area contributed by atoms with Gasteiger partial charge in [0, 0.05) is 32.5 Å². The summed E-state index contributed by atoms with van der Waals surface area (Å²) in [5.74, 6) is 2.52. The van der Waals surface area contributed by atoms with Crippen molar-refractivity contribution in [3.8, 4) is 0 Å². The summed E-state index contributed by atoms with van der Waals surface area (Å²) in [6.45, 7) is 7.85. The second-order valence-corrected chi connectivity index (χ2v) is 11.5. The Morgan fingerprint density at radius 2 is 1.44 bits per heavy atom. The van der Waals surface area contributed by atoms with Gasteiger partial charge >= 0.3 is 0 Å². The molecule has 36 heavy (non-hydrogen) atoms. The normalized spacial score (nSPS) is 28.7. The number of ether oxygens (including phenoxy) is 3. The summed E-state index contributed by atoms with van der Waals surface area (Å²) < 4.78 is 18.8. The lowest BCUT2D eigenvalue weighted by atomic mass is 9.82. The highest BCUT2D eigenvalue weighted by Gasteiger charge is 2.32. The average Bonchev–Trinajstić information content (AvgIpc) is 2.91. The van der Waals surface area contributed by atoms with Crippen LogP contribution in [-0.4, -0.2) is 43.9 Å². The second kappa shape index (κ2) is 14.5. The molecule has 0 radical (unpaired) electrons. The molecule has 1 unspecified atom stereocenters. The molecule has 3 fully saturated rings. The topological polar surface area (TPSA) is 44.8 Å². The van der Waals surface area contributed by atoms with Crippen LogP contribution in [0.25, 0.3) is 0 Å². The predicted octanol–water partition coefficient (Wildman–Crippen LogP) is 7.33. The maximum Gasteiger partial charge on any atom is 0.122 e. The molecule has 0 saturated heterocycles. The summed E-state index contributed by atoms with van der Waals surface area (Å²) >= 11 is 0. The molecule has 0 amide bonds. The lowest BCUT2D eigenvalue weighted by Crippen LogP contribution is -2.35. The molecule has 0 spiro atoms. The number of aryl methyl sites for hydroxylation is 1. The Morgan fingerprint density at radius 1 is 0.861 bits per heavy atom. The van der Waals surface area contributed by atoms with Gasteiger partial charge in [-0.1, -0.05) is 35.7 Å². The monoisotopic (exact) mass is 496 g/mol. The largest absolute Gasteiger partial charge is 0.378 e. The van der Waals surface area contributed by atoms with E-state index < -0.39 is 0 Å². The zero-order chi connectivity index (χ0) is 25.2. The third-order valence-corrected chi connectivity index (χ3v) is 8.80. The van der Waals surface area contributed by atoms with Gasteiger partial charge in [-0.25, -0.2) is 0 Å². The van der Waals surface area contributed by atoms with Gasteiger partial charge in [0.15, 0.2) is 0 Å². The maximum atomic E-state index is 11.3. The maximum absolute atomic E-state index is 11.3. The summed E-state index contributed by atoms with van der Waals surface area (Å²) in [6, 6.07) is 9.07. The summed E-state index contributed by atoms with van der Waals surface area (Å²) in [7, 11) is 0. The zero-order valence-electron chi connectivity index (χ0n) is 22.5. The van der Waals surface area contributed by atoms with Gasteiger partial charge in [0.2, 0.25) is 0 Å². The Morgan fingerprint density at radius 3 is 2.03 bits per heavy atom. The van der Waals surface area contributed by atoms with Crippen molar-refractivity contribution < 1.29 is 19.0 Å². The van der Waals surface area contributed by atoms with Crippen LogP contribution in [0, 0.1) is 25.7 Å². The lowest BCUT2D eigenvalue weighted by Gasteiger charge is -2.36. The minimum Gasteiger partial charge on any atom is -0.378 e.